The van der Waals surface area contributed by atoms with Crippen molar-refractivity contribution in [2.24, 2.45) is 0 Å². The van der Waals surface area contributed by atoms with Crippen LogP contribution in [0.3, 0.4) is 0 Å². The van der Waals surface area contributed by atoms with Crippen molar-refractivity contribution in [3.63, 3.8) is 0 Å². The van der Waals surface area contributed by atoms with Gasteiger partial charge in [0.05, 0.1) is 0 Å². The van der Waals surface area contributed by atoms with E-state index in [0.29, 0.717) is 18.1 Å². The Bertz CT molecular complexity index is 663. The third-order valence-electron chi connectivity index (χ3n) is 2.67. The molecule has 0 aliphatic carbocycles. The third-order valence-corrected chi connectivity index (χ3v) is 2.67. The number of aromatic nitrogens is 3. The quantitative estimate of drug-likeness (QED) is 0.776. The lowest BCUT2D eigenvalue weighted by atomic mass is 10.2. The monoisotopic (exact) mass is 253 g/mol. The number of phenolic OH excluding ortho intramolecular Hbond substituents is 1. The van der Waals surface area contributed by atoms with Crippen LogP contribution in [-0.2, 0) is 6.42 Å². The van der Waals surface area contributed by atoms with Crippen molar-refractivity contribution in [3.05, 3.63) is 60.2 Å². The summed E-state index contributed by atoms with van der Waals surface area (Å²) in [5.74, 6) is 1.26. The largest absolute Gasteiger partial charge is 0.508 e. The van der Waals surface area contributed by atoms with Crippen molar-refractivity contribution < 1.29 is 9.63 Å². The standard InChI is InChI=1S/C14H11N3O2/c18-12-5-3-11(4-6-12)14-16-13(17-19-14)8-10-2-1-7-15-9-10/h1-7,9,18H,8H2. The van der Waals surface area contributed by atoms with Crippen LogP contribution in [0.2, 0.25) is 0 Å². The van der Waals surface area contributed by atoms with Gasteiger partial charge in [-0.25, -0.2) is 0 Å². The average molecular weight is 253 g/mol. The summed E-state index contributed by atoms with van der Waals surface area (Å²) in [4.78, 5) is 8.36. The maximum atomic E-state index is 9.23. The van der Waals surface area contributed by atoms with Crippen molar-refractivity contribution in [1.29, 1.82) is 0 Å². The van der Waals surface area contributed by atoms with Crippen molar-refractivity contribution in [3.8, 4) is 17.2 Å². The topological polar surface area (TPSA) is 72.0 Å². The summed E-state index contributed by atoms with van der Waals surface area (Å²) in [5.41, 5.74) is 1.81. The van der Waals surface area contributed by atoms with E-state index in [1.807, 2.05) is 12.1 Å². The molecule has 0 fully saturated rings. The molecule has 1 N–H and O–H groups in total. The highest BCUT2D eigenvalue weighted by molar-refractivity contribution is 5.54. The van der Waals surface area contributed by atoms with Gasteiger partial charge in [-0.05, 0) is 35.9 Å². The fourth-order valence-electron chi connectivity index (χ4n) is 1.73. The lowest BCUT2D eigenvalue weighted by Gasteiger charge is -1.94. The van der Waals surface area contributed by atoms with Crippen LogP contribution in [0, 0.1) is 0 Å². The highest BCUT2D eigenvalue weighted by Crippen LogP contribution is 2.20. The predicted octanol–water partition coefficient (Wildman–Crippen LogP) is 2.43. The molecule has 3 rings (SSSR count). The summed E-state index contributed by atoms with van der Waals surface area (Å²) in [7, 11) is 0. The van der Waals surface area contributed by atoms with Gasteiger partial charge in [-0.1, -0.05) is 11.2 Å². The van der Waals surface area contributed by atoms with E-state index in [1.165, 1.54) is 0 Å². The SMILES string of the molecule is Oc1ccc(-c2nc(Cc3cccnc3)no2)cc1. The molecule has 0 aliphatic rings. The Kier molecular flexibility index (Phi) is 2.94. The summed E-state index contributed by atoms with van der Waals surface area (Å²) in [6, 6.07) is 10.5. The molecule has 0 saturated heterocycles. The molecule has 94 valence electrons. The predicted molar refractivity (Wildman–Crippen MR) is 68.4 cm³/mol. The summed E-state index contributed by atoms with van der Waals surface area (Å²) in [6.45, 7) is 0. The van der Waals surface area contributed by atoms with E-state index in [4.69, 9.17) is 4.52 Å². The Morgan fingerprint density at radius 1 is 1.11 bits per heavy atom. The Morgan fingerprint density at radius 3 is 2.68 bits per heavy atom. The van der Waals surface area contributed by atoms with Gasteiger partial charge < -0.3 is 9.63 Å². The van der Waals surface area contributed by atoms with Crippen LogP contribution < -0.4 is 0 Å². The van der Waals surface area contributed by atoms with E-state index in [1.54, 1.807) is 36.7 Å². The van der Waals surface area contributed by atoms with E-state index < -0.39 is 0 Å². The number of aromatic hydroxyl groups is 1. The number of phenols is 1. The van der Waals surface area contributed by atoms with Crippen LogP contribution in [0.5, 0.6) is 5.75 Å². The molecule has 0 spiro atoms. The molecule has 0 bridgehead atoms. The first-order valence-corrected chi connectivity index (χ1v) is 5.82. The van der Waals surface area contributed by atoms with Gasteiger partial charge in [0.1, 0.15) is 5.75 Å². The fourth-order valence-corrected chi connectivity index (χ4v) is 1.73. The molecule has 0 atom stereocenters. The number of hydrogen-bond acceptors (Lipinski definition) is 5. The molecular formula is C14H11N3O2. The Labute approximate surface area is 109 Å². The van der Waals surface area contributed by atoms with Gasteiger partial charge in [0.15, 0.2) is 5.82 Å². The maximum absolute atomic E-state index is 9.23. The Morgan fingerprint density at radius 2 is 1.95 bits per heavy atom. The Hall–Kier alpha value is -2.69. The number of hydrogen-bond donors (Lipinski definition) is 1. The van der Waals surface area contributed by atoms with Crippen LogP contribution in [0.1, 0.15) is 11.4 Å². The maximum Gasteiger partial charge on any atom is 0.257 e. The molecule has 1 aromatic carbocycles. The van der Waals surface area contributed by atoms with E-state index in [9.17, 15) is 5.11 Å². The zero-order valence-electron chi connectivity index (χ0n) is 10.0. The van der Waals surface area contributed by atoms with E-state index in [0.717, 1.165) is 11.1 Å². The van der Waals surface area contributed by atoms with E-state index in [-0.39, 0.29) is 5.75 Å². The van der Waals surface area contributed by atoms with Crippen molar-refractivity contribution in [2.75, 3.05) is 0 Å². The smallest absolute Gasteiger partial charge is 0.257 e. The second kappa shape index (κ2) is 4.89. The van der Waals surface area contributed by atoms with Crippen LogP contribution in [0.25, 0.3) is 11.5 Å². The molecule has 2 aromatic heterocycles. The zero-order chi connectivity index (χ0) is 13.1. The first-order valence-electron chi connectivity index (χ1n) is 5.82. The average Bonchev–Trinajstić information content (AvgIpc) is 2.89. The second-order valence-electron chi connectivity index (χ2n) is 4.10. The minimum Gasteiger partial charge on any atom is -0.508 e. The van der Waals surface area contributed by atoms with Crippen molar-refractivity contribution in [1.82, 2.24) is 15.1 Å². The van der Waals surface area contributed by atoms with Gasteiger partial charge in [0.2, 0.25) is 0 Å². The molecule has 19 heavy (non-hydrogen) atoms. The number of benzene rings is 1. The molecule has 5 heteroatoms. The van der Waals surface area contributed by atoms with Gasteiger partial charge in [0.25, 0.3) is 5.89 Å². The van der Waals surface area contributed by atoms with Crippen LogP contribution >= 0.6 is 0 Å². The van der Waals surface area contributed by atoms with Gasteiger partial charge in [0, 0.05) is 24.4 Å². The summed E-state index contributed by atoms with van der Waals surface area (Å²) in [5, 5.41) is 13.2. The first kappa shape index (κ1) is 11.4. The summed E-state index contributed by atoms with van der Waals surface area (Å²) < 4.78 is 5.20. The Balaban J connectivity index is 1.82. The molecule has 5 nitrogen and oxygen atoms in total. The van der Waals surface area contributed by atoms with Gasteiger partial charge in [-0.15, -0.1) is 0 Å². The highest BCUT2D eigenvalue weighted by Gasteiger charge is 2.09. The zero-order valence-corrected chi connectivity index (χ0v) is 10.0. The van der Waals surface area contributed by atoms with Gasteiger partial charge in [-0.2, -0.15) is 4.98 Å². The van der Waals surface area contributed by atoms with Gasteiger partial charge >= 0.3 is 0 Å². The molecule has 0 radical (unpaired) electrons. The first-order chi connectivity index (χ1) is 9.31. The molecule has 3 aromatic rings. The lowest BCUT2D eigenvalue weighted by Crippen LogP contribution is -1.91. The third kappa shape index (κ3) is 2.60. The van der Waals surface area contributed by atoms with E-state index in [2.05, 4.69) is 15.1 Å². The van der Waals surface area contributed by atoms with Crippen LogP contribution in [0.15, 0.2) is 53.3 Å². The highest BCUT2D eigenvalue weighted by atomic mass is 16.5. The minimum absolute atomic E-state index is 0.207. The summed E-state index contributed by atoms with van der Waals surface area (Å²) in [6.07, 6.45) is 4.08. The molecular weight excluding hydrogens is 242 g/mol. The van der Waals surface area contributed by atoms with Crippen LogP contribution in [0.4, 0.5) is 0 Å². The molecule has 2 heterocycles. The van der Waals surface area contributed by atoms with Crippen molar-refractivity contribution >= 4 is 0 Å². The minimum atomic E-state index is 0.207. The van der Waals surface area contributed by atoms with Crippen molar-refractivity contribution in [2.45, 2.75) is 6.42 Å². The van der Waals surface area contributed by atoms with Gasteiger partial charge in [-0.3, -0.25) is 4.98 Å². The molecule has 0 amide bonds. The normalized spacial score (nSPS) is 10.5. The number of nitrogens with zero attached hydrogens (tertiary/aromatic N) is 3. The van der Waals surface area contributed by atoms with Crippen LogP contribution in [-0.4, -0.2) is 20.2 Å². The fraction of sp³-hybridized carbons (Fsp3) is 0.0714. The summed E-state index contributed by atoms with van der Waals surface area (Å²) >= 11 is 0. The number of rotatable bonds is 3. The second-order valence-corrected chi connectivity index (χ2v) is 4.10. The molecule has 0 saturated carbocycles. The lowest BCUT2D eigenvalue weighted by molar-refractivity contribution is 0.423. The number of pyridine rings is 1. The molecule has 0 aliphatic heterocycles. The van der Waals surface area contributed by atoms with E-state index >= 15 is 0 Å². The molecule has 0 unspecified atom stereocenters.